The van der Waals surface area contributed by atoms with E-state index in [1.54, 1.807) is 24.3 Å². The van der Waals surface area contributed by atoms with Gasteiger partial charge in [-0.1, -0.05) is 12.1 Å². The van der Waals surface area contributed by atoms with Gasteiger partial charge in [0.1, 0.15) is 6.04 Å². The van der Waals surface area contributed by atoms with E-state index in [0.717, 1.165) is 12.8 Å². The monoisotopic (exact) mass is 354 g/mol. The molecule has 0 spiro atoms. The molecule has 0 aromatic heterocycles. The molecule has 21 heavy (non-hydrogen) atoms. The number of carbonyl (C=O) groups is 3. The first-order valence-corrected chi connectivity index (χ1v) is 7.33. The maximum Gasteiger partial charge on any atom is 0.326 e. The van der Waals surface area contributed by atoms with E-state index < -0.39 is 23.8 Å². The number of amides is 2. The van der Waals surface area contributed by atoms with Crippen molar-refractivity contribution >= 4 is 33.7 Å². The van der Waals surface area contributed by atoms with E-state index in [9.17, 15) is 14.4 Å². The standard InChI is InChI=1S/C14H15BrN2O4/c15-10-4-2-1-3-9(10)13(19)16-7-11(18)17-12(14(20)21)8-5-6-8/h1-4,8,12H,5-7H2,(H,16,19)(H,17,18)(H,20,21). The second-order valence-corrected chi connectivity index (χ2v) is 5.74. The summed E-state index contributed by atoms with van der Waals surface area (Å²) in [6.07, 6.45) is 1.61. The minimum atomic E-state index is -1.04. The topological polar surface area (TPSA) is 95.5 Å². The third-order valence-corrected chi connectivity index (χ3v) is 3.90. The van der Waals surface area contributed by atoms with Crippen molar-refractivity contribution in [3.63, 3.8) is 0 Å². The van der Waals surface area contributed by atoms with E-state index in [1.807, 2.05) is 0 Å². The Morgan fingerprint density at radius 2 is 1.95 bits per heavy atom. The summed E-state index contributed by atoms with van der Waals surface area (Å²) in [5.74, 6) is -1.93. The third kappa shape index (κ3) is 4.29. The fourth-order valence-corrected chi connectivity index (χ4v) is 2.40. The molecule has 0 radical (unpaired) electrons. The van der Waals surface area contributed by atoms with Crippen molar-refractivity contribution in [3.8, 4) is 0 Å². The molecule has 2 rings (SSSR count). The minimum absolute atomic E-state index is 0.00502. The number of halogens is 1. The Labute approximate surface area is 130 Å². The van der Waals surface area contributed by atoms with Gasteiger partial charge < -0.3 is 15.7 Å². The number of hydrogen-bond acceptors (Lipinski definition) is 3. The SMILES string of the molecule is O=C(CNC(=O)c1ccccc1Br)NC(C(=O)O)C1CC1. The quantitative estimate of drug-likeness (QED) is 0.714. The van der Waals surface area contributed by atoms with Crippen LogP contribution in [-0.2, 0) is 9.59 Å². The number of carbonyl (C=O) groups excluding carboxylic acids is 2. The summed E-state index contributed by atoms with van der Waals surface area (Å²) in [7, 11) is 0. The average molecular weight is 355 g/mol. The van der Waals surface area contributed by atoms with Crippen LogP contribution in [0, 0.1) is 5.92 Å². The van der Waals surface area contributed by atoms with E-state index in [0.29, 0.717) is 10.0 Å². The normalized spacial score (nSPS) is 15.1. The zero-order chi connectivity index (χ0) is 15.4. The van der Waals surface area contributed by atoms with Gasteiger partial charge in [0.25, 0.3) is 5.91 Å². The lowest BCUT2D eigenvalue weighted by Crippen LogP contribution is -2.46. The zero-order valence-corrected chi connectivity index (χ0v) is 12.7. The molecule has 1 aliphatic carbocycles. The van der Waals surface area contributed by atoms with E-state index in [-0.39, 0.29) is 12.5 Å². The summed E-state index contributed by atoms with van der Waals surface area (Å²) in [5.41, 5.74) is 0.419. The Morgan fingerprint density at radius 3 is 2.52 bits per heavy atom. The second kappa shape index (κ2) is 6.71. The summed E-state index contributed by atoms with van der Waals surface area (Å²) in [6.45, 7) is -0.253. The largest absolute Gasteiger partial charge is 0.480 e. The third-order valence-electron chi connectivity index (χ3n) is 3.20. The Balaban J connectivity index is 1.85. The highest BCUT2D eigenvalue weighted by atomic mass is 79.9. The van der Waals surface area contributed by atoms with Crippen LogP contribution in [0.1, 0.15) is 23.2 Å². The van der Waals surface area contributed by atoms with Gasteiger partial charge in [-0.3, -0.25) is 9.59 Å². The van der Waals surface area contributed by atoms with Crippen molar-refractivity contribution < 1.29 is 19.5 Å². The van der Waals surface area contributed by atoms with Gasteiger partial charge in [0.05, 0.1) is 12.1 Å². The van der Waals surface area contributed by atoms with E-state index in [2.05, 4.69) is 26.6 Å². The van der Waals surface area contributed by atoms with Crippen molar-refractivity contribution in [2.24, 2.45) is 5.92 Å². The van der Waals surface area contributed by atoms with Crippen molar-refractivity contribution in [2.75, 3.05) is 6.54 Å². The number of hydrogen-bond donors (Lipinski definition) is 3. The lowest BCUT2D eigenvalue weighted by Gasteiger charge is -2.14. The Bertz CT molecular complexity index is 572. The van der Waals surface area contributed by atoms with Crippen LogP contribution in [0.5, 0.6) is 0 Å². The number of aliphatic carboxylic acids is 1. The second-order valence-electron chi connectivity index (χ2n) is 4.88. The molecule has 0 bridgehead atoms. The smallest absolute Gasteiger partial charge is 0.326 e. The molecule has 1 atom stereocenters. The molecule has 1 unspecified atom stereocenters. The van der Waals surface area contributed by atoms with Gasteiger partial charge in [-0.05, 0) is 46.8 Å². The van der Waals surface area contributed by atoms with Crippen LogP contribution in [0.2, 0.25) is 0 Å². The van der Waals surface area contributed by atoms with Gasteiger partial charge in [0.2, 0.25) is 5.91 Å². The molecule has 3 N–H and O–H groups in total. The molecule has 1 aromatic carbocycles. The van der Waals surface area contributed by atoms with E-state index >= 15 is 0 Å². The molecular formula is C14H15BrN2O4. The van der Waals surface area contributed by atoms with Crippen molar-refractivity contribution in [1.29, 1.82) is 0 Å². The molecule has 1 saturated carbocycles. The zero-order valence-electron chi connectivity index (χ0n) is 11.1. The predicted octanol–water partition coefficient (Wildman–Crippen LogP) is 1.16. The molecule has 6 nitrogen and oxygen atoms in total. The molecule has 112 valence electrons. The number of rotatable bonds is 6. The molecule has 0 aliphatic heterocycles. The Morgan fingerprint density at radius 1 is 1.29 bits per heavy atom. The van der Waals surface area contributed by atoms with Crippen molar-refractivity contribution in [2.45, 2.75) is 18.9 Å². The van der Waals surface area contributed by atoms with Gasteiger partial charge in [-0.15, -0.1) is 0 Å². The maximum absolute atomic E-state index is 11.9. The van der Waals surface area contributed by atoms with Crippen LogP contribution in [0.15, 0.2) is 28.7 Å². The molecule has 7 heteroatoms. The number of nitrogens with one attached hydrogen (secondary N) is 2. The van der Waals surface area contributed by atoms with Crippen molar-refractivity contribution in [3.05, 3.63) is 34.3 Å². The van der Waals surface area contributed by atoms with Crippen LogP contribution in [-0.4, -0.2) is 35.5 Å². The first-order valence-electron chi connectivity index (χ1n) is 6.54. The van der Waals surface area contributed by atoms with Crippen LogP contribution in [0.25, 0.3) is 0 Å². The average Bonchev–Trinajstić information content (AvgIpc) is 3.26. The molecule has 1 aromatic rings. The molecule has 0 heterocycles. The van der Waals surface area contributed by atoms with E-state index in [1.165, 1.54) is 0 Å². The van der Waals surface area contributed by atoms with Gasteiger partial charge >= 0.3 is 5.97 Å². The first kappa shape index (κ1) is 15.5. The lowest BCUT2D eigenvalue weighted by molar-refractivity contribution is -0.142. The van der Waals surface area contributed by atoms with Crippen molar-refractivity contribution in [1.82, 2.24) is 10.6 Å². The summed E-state index contributed by atoms with van der Waals surface area (Å²) in [5, 5.41) is 13.9. The van der Waals surface area contributed by atoms with Crippen LogP contribution in [0.4, 0.5) is 0 Å². The van der Waals surface area contributed by atoms with Crippen LogP contribution in [0.3, 0.4) is 0 Å². The number of carboxylic acids is 1. The minimum Gasteiger partial charge on any atom is -0.480 e. The van der Waals surface area contributed by atoms with Gasteiger partial charge in [0.15, 0.2) is 0 Å². The predicted molar refractivity (Wildman–Crippen MR) is 78.8 cm³/mol. The highest BCUT2D eigenvalue weighted by molar-refractivity contribution is 9.10. The maximum atomic E-state index is 11.9. The molecular weight excluding hydrogens is 340 g/mol. The van der Waals surface area contributed by atoms with Gasteiger partial charge in [0, 0.05) is 4.47 Å². The fourth-order valence-electron chi connectivity index (χ4n) is 1.94. The molecule has 1 aliphatic rings. The molecule has 1 fully saturated rings. The highest BCUT2D eigenvalue weighted by Gasteiger charge is 2.37. The van der Waals surface area contributed by atoms with Gasteiger partial charge in [-0.2, -0.15) is 0 Å². The first-order chi connectivity index (χ1) is 9.99. The lowest BCUT2D eigenvalue weighted by atomic mass is 10.2. The number of benzene rings is 1. The fraction of sp³-hybridized carbons (Fsp3) is 0.357. The summed E-state index contributed by atoms with van der Waals surface area (Å²) >= 11 is 3.25. The summed E-state index contributed by atoms with van der Waals surface area (Å²) in [6, 6.07) is 5.98. The van der Waals surface area contributed by atoms with Gasteiger partial charge in [-0.25, -0.2) is 4.79 Å². The molecule has 2 amide bonds. The highest BCUT2D eigenvalue weighted by Crippen LogP contribution is 2.32. The molecule has 0 saturated heterocycles. The Hall–Kier alpha value is -1.89. The van der Waals surface area contributed by atoms with Crippen LogP contribution < -0.4 is 10.6 Å². The summed E-state index contributed by atoms with van der Waals surface area (Å²) in [4.78, 5) is 34.6. The van der Waals surface area contributed by atoms with Crippen LogP contribution >= 0.6 is 15.9 Å². The summed E-state index contributed by atoms with van der Waals surface area (Å²) < 4.78 is 0.629. The number of carboxylic acid groups (broad SMARTS) is 1. The Kier molecular flexibility index (Phi) is 4.95. The van der Waals surface area contributed by atoms with E-state index in [4.69, 9.17) is 5.11 Å².